The van der Waals surface area contributed by atoms with Gasteiger partial charge in [-0.25, -0.2) is 4.79 Å². The molecule has 0 fully saturated rings. The van der Waals surface area contributed by atoms with E-state index < -0.39 is 52.6 Å². The first kappa shape index (κ1) is 21.2. The fourth-order valence-electron chi connectivity index (χ4n) is 2.01. The summed E-state index contributed by atoms with van der Waals surface area (Å²) in [4.78, 5) is 33.6. The maximum Gasteiger partial charge on any atom is 0.422 e. The van der Waals surface area contributed by atoms with Crippen LogP contribution in [0.2, 0.25) is 0 Å². The van der Waals surface area contributed by atoms with Gasteiger partial charge in [0.15, 0.2) is 6.61 Å². The predicted octanol–water partition coefficient (Wildman–Crippen LogP) is 2.91. The summed E-state index contributed by atoms with van der Waals surface area (Å²) in [6.45, 7) is 0.174. The van der Waals surface area contributed by atoms with E-state index in [9.17, 15) is 32.9 Å². The van der Waals surface area contributed by atoms with E-state index in [0.717, 1.165) is 18.2 Å². The van der Waals surface area contributed by atoms with E-state index in [0.29, 0.717) is 12.8 Å². The van der Waals surface area contributed by atoms with Crippen LogP contribution in [0.3, 0.4) is 0 Å². The number of halogens is 3. The first-order valence-electron chi connectivity index (χ1n) is 7.56. The van der Waals surface area contributed by atoms with Crippen molar-refractivity contribution in [3.8, 4) is 5.75 Å². The molecule has 0 aliphatic carbocycles. The number of nitrogens with zero attached hydrogens (tertiary/aromatic N) is 1. The number of alkyl halides is 3. The number of carbonyl (C=O) groups excluding carboxylic acids is 1. The molecule has 1 rings (SSSR count). The van der Waals surface area contributed by atoms with Crippen LogP contribution in [0, 0.1) is 10.1 Å². The summed E-state index contributed by atoms with van der Waals surface area (Å²) in [6, 6.07) is 1.24. The minimum atomic E-state index is -4.63. The lowest BCUT2D eigenvalue weighted by Crippen LogP contribution is -2.40. The second-order valence-electron chi connectivity index (χ2n) is 5.35. The Kier molecular flexibility index (Phi) is 7.35. The number of unbranched alkanes of at least 4 members (excludes halogenated alkanes) is 1. The van der Waals surface area contributed by atoms with Gasteiger partial charge in [-0.3, -0.25) is 14.9 Å². The highest BCUT2D eigenvalue weighted by molar-refractivity contribution is 6.00. The molecule has 1 atom stereocenters. The van der Waals surface area contributed by atoms with Crippen LogP contribution in [-0.2, 0) is 4.79 Å². The normalized spacial score (nSPS) is 12.3. The van der Waals surface area contributed by atoms with Crippen LogP contribution in [0.25, 0.3) is 0 Å². The lowest BCUT2D eigenvalue weighted by molar-refractivity contribution is -0.385. The SMILES string of the molecule is CCCCC(NC(=O)c1cc(OCC(F)(F)F)ccc1[N+](=O)[O-])C(=O)O. The summed E-state index contributed by atoms with van der Waals surface area (Å²) >= 11 is 0. The van der Waals surface area contributed by atoms with E-state index in [1.54, 1.807) is 0 Å². The first-order valence-corrected chi connectivity index (χ1v) is 7.56. The molecule has 0 heterocycles. The van der Waals surface area contributed by atoms with Crippen LogP contribution in [-0.4, -0.2) is 40.7 Å². The molecule has 0 saturated heterocycles. The van der Waals surface area contributed by atoms with Crippen molar-refractivity contribution in [2.45, 2.75) is 38.4 Å². The second-order valence-corrected chi connectivity index (χ2v) is 5.35. The molecule has 1 aromatic rings. The summed E-state index contributed by atoms with van der Waals surface area (Å²) in [5.41, 5.74) is -1.26. The number of hydrogen-bond donors (Lipinski definition) is 2. The maximum absolute atomic E-state index is 12.2. The maximum atomic E-state index is 12.2. The van der Waals surface area contributed by atoms with Crippen LogP contribution in [0.5, 0.6) is 5.75 Å². The van der Waals surface area contributed by atoms with Crippen LogP contribution >= 0.6 is 0 Å². The van der Waals surface area contributed by atoms with Crippen LogP contribution < -0.4 is 10.1 Å². The number of carboxylic acids is 1. The first-order chi connectivity index (χ1) is 12.0. The third kappa shape index (κ3) is 6.57. The Bertz CT molecular complexity index is 678. The van der Waals surface area contributed by atoms with Crippen molar-refractivity contribution in [3.63, 3.8) is 0 Å². The van der Waals surface area contributed by atoms with Crippen molar-refractivity contribution in [1.82, 2.24) is 5.32 Å². The summed E-state index contributed by atoms with van der Waals surface area (Å²) in [7, 11) is 0. The van der Waals surface area contributed by atoms with Gasteiger partial charge in [-0.2, -0.15) is 13.2 Å². The molecule has 26 heavy (non-hydrogen) atoms. The molecule has 0 spiro atoms. The van der Waals surface area contributed by atoms with E-state index in [1.807, 2.05) is 6.92 Å². The van der Waals surface area contributed by atoms with Crippen molar-refractivity contribution >= 4 is 17.6 Å². The van der Waals surface area contributed by atoms with Crippen LogP contribution in [0.4, 0.5) is 18.9 Å². The molecule has 1 unspecified atom stereocenters. The smallest absolute Gasteiger partial charge is 0.422 e. The van der Waals surface area contributed by atoms with E-state index in [2.05, 4.69) is 10.1 Å². The Labute approximate surface area is 146 Å². The van der Waals surface area contributed by atoms with Gasteiger partial charge < -0.3 is 15.2 Å². The summed E-state index contributed by atoms with van der Waals surface area (Å²) in [6.07, 6.45) is -3.36. The van der Waals surface area contributed by atoms with Gasteiger partial charge in [0.1, 0.15) is 17.4 Å². The Morgan fingerprint density at radius 1 is 1.38 bits per heavy atom. The van der Waals surface area contributed by atoms with E-state index in [1.165, 1.54) is 0 Å². The molecule has 0 aromatic heterocycles. The quantitative estimate of drug-likeness (QED) is 0.504. The van der Waals surface area contributed by atoms with Crippen molar-refractivity contribution < 1.29 is 37.5 Å². The third-order valence-corrected chi connectivity index (χ3v) is 3.26. The number of nitrogens with one attached hydrogen (secondary N) is 1. The Morgan fingerprint density at radius 2 is 2.04 bits per heavy atom. The number of aliphatic carboxylic acids is 1. The number of benzene rings is 1. The number of carboxylic acid groups (broad SMARTS) is 1. The molecule has 1 amide bonds. The fourth-order valence-corrected chi connectivity index (χ4v) is 2.01. The molecule has 2 N–H and O–H groups in total. The highest BCUT2D eigenvalue weighted by atomic mass is 19.4. The van der Waals surface area contributed by atoms with Crippen molar-refractivity contribution in [3.05, 3.63) is 33.9 Å². The fraction of sp³-hybridized carbons (Fsp3) is 0.467. The summed E-state index contributed by atoms with van der Waals surface area (Å²) < 4.78 is 41.1. The number of carbonyl (C=O) groups is 2. The van der Waals surface area contributed by atoms with Gasteiger partial charge in [0.2, 0.25) is 0 Å². The molecule has 0 radical (unpaired) electrons. The number of nitro groups is 1. The Morgan fingerprint density at radius 3 is 2.54 bits per heavy atom. The molecule has 0 aliphatic rings. The zero-order chi connectivity index (χ0) is 19.9. The van der Waals surface area contributed by atoms with Gasteiger partial charge in [0, 0.05) is 6.07 Å². The Hall–Kier alpha value is -2.85. The highest BCUT2D eigenvalue weighted by Gasteiger charge is 2.30. The van der Waals surface area contributed by atoms with Gasteiger partial charge in [0.05, 0.1) is 4.92 Å². The van der Waals surface area contributed by atoms with E-state index in [4.69, 9.17) is 5.11 Å². The zero-order valence-corrected chi connectivity index (χ0v) is 13.7. The van der Waals surface area contributed by atoms with E-state index in [-0.39, 0.29) is 6.42 Å². The lowest BCUT2D eigenvalue weighted by atomic mass is 10.1. The minimum absolute atomic E-state index is 0.107. The average Bonchev–Trinajstić information content (AvgIpc) is 2.55. The zero-order valence-electron chi connectivity index (χ0n) is 13.7. The standard InChI is InChI=1S/C15H17F3N2O6/c1-2-3-4-11(14(22)23)19-13(21)10-7-9(26-8-15(16,17)18)5-6-12(10)20(24)25/h5-7,11H,2-4,8H2,1H3,(H,19,21)(H,22,23). The molecule has 1 aromatic carbocycles. The van der Waals surface area contributed by atoms with Crippen molar-refractivity contribution in [2.75, 3.05) is 6.61 Å². The lowest BCUT2D eigenvalue weighted by Gasteiger charge is -2.15. The molecule has 0 bridgehead atoms. The third-order valence-electron chi connectivity index (χ3n) is 3.26. The molecular weight excluding hydrogens is 361 g/mol. The highest BCUT2D eigenvalue weighted by Crippen LogP contribution is 2.26. The molecule has 11 heteroatoms. The van der Waals surface area contributed by atoms with Gasteiger partial charge >= 0.3 is 12.1 Å². The summed E-state index contributed by atoms with van der Waals surface area (Å²) in [5.74, 6) is -2.81. The number of rotatable bonds is 9. The van der Waals surface area contributed by atoms with Crippen molar-refractivity contribution in [1.29, 1.82) is 0 Å². The van der Waals surface area contributed by atoms with Crippen LogP contribution in [0.1, 0.15) is 36.5 Å². The predicted molar refractivity (Wildman–Crippen MR) is 83.1 cm³/mol. The van der Waals surface area contributed by atoms with Gasteiger partial charge in [-0.15, -0.1) is 0 Å². The molecule has 0 aliphatic heterocycles. The van der Waals surface area contributed by atoms with Gasteiger partial charge in [-0.1, -0.05) is 19.8 Å². The monoisotopic (exact) mass is 378 g/mol. The molecular formula is C15H17F3N2O6. The number of hydrogen-bond acceptors (Lipinski definition) is 5. The largest absolute Gasteiger partial charge is 0.484 e. The van der Waals surface area contributed by atoms with Gasteiger partial charge in [-0.05, 0) is 18.6 Å². The topological polar surface area (TPSA) is 119 Å². The number of nitro benzene ring substituents is 1. The minimum Gasteiger partial charge on any atom is -0.484 e. The van der Waals surface area contributed by atoms with Gasteiger partial charge in [0.25, 0.3) is 11.6 Å². The Balaban J connectivity index is 3.07. The molecule has 0 saturated carbocycles. The average molecular weight is 378 g/mol. The van der Waals surface area contributed by atoms with E-state index >= 15 is 0 Å². The van der Waals surface area contributed by atoms with Crippen molar-refractivity contribution in [2.24, 2.45) is 0 Å². The molecule has 8 nitrogen and oxygen atoms in total. The number of amides is 1. The molecule has 144 valence electrons. The second kappa shape index (κ2) is 9.02. The number of ether oxygens (including phenoxy) is 1. The summed E-state index contributed by atoms with van der Waals surface area (Å²) in [5, 5.41) is 22.3. The van der Waals surface area contributed by atoms with Crippen LogP contribution in [0.15, 0.2) is 18.2 Å².